The van der Waals surface area contributed by atoms with Gasteiger partial charge in [-0.2, -0.15) is 0 Å². The number of benzene rings is 4. The quantitative estimate of drug-likeness (QED) is 0.242. The highest BCUT2D eigenvalue weighted by Gasteiger charge is 2.30. The maximum Gasteiger partial charge on any atom is 0.115 e. The Morgan fingerprint density at radius 3 is 2.06 bits per heavy atom. The van der Waals surface area contributed by atoms with E-state index >= 15 is 0 Å². The SMILES string of the molecule is C=NC1=C(/C(=N\Cn2c3ccccc3c3ccccc32)c2cccc3ccccc23)C=CC1(C)C. The molecule has 1 aromatic heterocycles. The number of allylic oxidation sites excluding steroid dienone is 3. The van der Waals surface area contributed by atoms with Gasteiger partial charge >= 0.3 is 0 Å². The van der Waals surface area contributed by atoms with E-state index < -0.39 is 0 Å². The minimum absolute atomic E-state index is 0.185. The van der Waals surface area contributed by atoms with Crippen molar-refractivity contribution in [2.75, 3.05) is 0 Å². The molecule has 0 atom stereocenters. The number of rotatable bonds is 5. The Morgan fingerprint density at radius 1 is 0.771 bits per heavy atom. The van der Waals surface area contributed by atoms with Crippen molar-refractivity contribution >= 4 is 45.0 Å². The second kappa shape index (κ2) is 8.21. The van der Waals surface area contributed by atoms with Gasteiger partial charge in [-0.25, -0.2) is 0 Å². The standard InChI is InChI=1S/C32H27N3/c1-32(2)20-19-27(31(32)33-3)30(26-16-10-12-22-11-4-5-13-23(22)26)34-21-35-28-17-8-6-14-24(28)25-15-7-9-18-29(25)35/h4-20H,3,21H2,1-2H3/b34-30-. The van der Waals surface area contributed by atoms with Crippen LogP contribution in [0.4, 0.5) is 0 Å². The molecule has 0 bridgehead atoms. The predicted molar refractivity (Wildman–Crippen MR) is 149 cm³/mol. The highest BCUT2D eigenvalue weighted by Crippen LogP contribution is 2.39. The highest BCUT2D eigenvalue weighted by molar-refractivity contribution is 6.21. The number of hydrogen-bond donors (Lipinski definition) is 0. The zero-order valence-electron chi connectivity index (χ0n) is 20.1. The smallest absolute Gasteiger partial charge is 0.115 e. The summed E-state index contributed by atoms with van der Waals surface area (Å²) in [5.41, 5.74) is 6.26. The number of para-hydroxylation sites is 2. The van der Waals surface area contributed by atoms with Gasteiger partial charge in [0.05, 0.1) is 22.4 Å². The molecule has 3 heteroatoms. The van der Waals surface area contributed by atoms with Crippen LogP contribution in [0.25, 0.3) is 32.6 Å². The van der Waals surface area contributed by atoms with Crippen LogP contribution in [0.2, 0.25) is 0 Å². The van der Waals surface area contributed by atoms with Crippen LogP contribution in [-0.4, -0.2) is 17.0 Å². The normalized spacial score (nSPS) is 15.5. The third-order valence-corrected chi connectivity index (χ3v) is 7.04. The summed E-state index contributed by atoms with van der Waals surface area (Å²) in [4.78, 5) is 9.79. The van der Waals surface area contributed by atoms with Gasteiger partial charge in [0, 0.05) is 27.3 Å². The van der Waals surface area contributed by atoms with E-state index in [1.807, 2.05) is 0 Å². The molecule has 3 nitrogen and oxygen atoms in total. The van der Waals surface area contributed by atoms with Gasteiger partial charge in [-0.05, 0) is 29.6 Å². The topological polar surface area (TPSA) is 29.6 Å². The van der Waals surface area contributed by atoms with Gasteiger partial charge in [-0.3, -0.25) is 9.98 Å². The monoisotopic (exact) mass is 453 g/mol. The second-order valence-electron chi connectivity index (χ2n) is 9.61. The summed E-state index contributed by atoms with van der Waals surface area (Å²) in [6, 6.07) is 32.0. The lowest BCUT2D eigenvalue weighted by Crippen LogP contribution is -2.12. The summed E-state index contributed by atoms with van der Waals surface area (Å²) in [5.74, 6) is 0. The van der Waals surface area contributed by atoms with Crippen LogP contribution in [0.1, 0.15) is 19.4 Å². The van der Waals surface area contributed by atoms with Crippen molar-refractivity contribution in [3.8, 4) is 0 Å². The molecule has 0 spiro atoms. The third kappa shape index (κ3) is 3.43. The van der Waals surface area contributed by atoms with E-state index in [1.54, 1.807) is 0 Å². The van der Waals surface area contributed by atoms with Gasteiger partial charge < -0.3 is 4.57 Å². The summed E-state index contributed by atoms with van der Waals surface area (Å²) in [7, 11) is 0. The number of aliphatic imine (C=N–C) groups is 2. The lowest BCUT2D eigenvalue weighted by molar-refractivity contribution is 0.584. The molecular weight excluding hydrogens is 426 g/mol. The van der Waals surface area contributed by atoms with Crippen LogP contribution in [0.5, 0.6) is 0 Å². The summed E-state index contributed by atoms with van der Waals surface area (Å²) in [6.07, 6.45) is 4.37. The number of nitrogens with zero attached hydrogens (tertiary/aromatic N) is 3. The van der Waals surface area contributed by atoms with E-state index in [4.69, 9.17) is 4.99 Å². The summed E-state index contributed by atoms with van der Waals surface area (Å²) in [6.45, 7) is 8.77. The fourth-order valence-electron chi connectivity index (χ4n) is 5.32. The largest absolute Gasteiger partial charge is 0.320 e. The average molecular weight is 454 g/mol. The molecule has 1 heterocycles. The molecule has 0 amide bonds. The van der Waals surface area contributed by atoms with Gasteiger partial charge in [0.2, 0.25) is 0 Å². The summed E-state index contributed by atoms with van der Waals surface area (Å²) in [5, 5.41) is 4.88. The minimum Gasteiger partial charge on any atom is -0.320 e. The number of aromatic nitrogens is 1. The highest BCUT2D eigenvalue weighted by atomic mass is 15.1. The maximum absolute atomic E-state index is 5.32. The molecule has 6 rings (SSSR count). The van der Waals surface area contributed by atoms with Crippen molar-refractivity contribution in [3.63, 3.8) is 0 Å². The first kappa shape index (κ1) is 21.3. The Balaban J connectivity index is 1.60. The van der Waals surface area contributed by atoms with Gasteiger partial charge in [-0.1, -0.05) is 105 Å². The number of hydrogen-bond acceptors (Lipinski definition) is 2. The molecule has 1 aliphatic carbocycles. The lowest BCUT2D eigenvalue weighted by atomic mass is 9.89. The molecule has 0 radical (unpaired) electrons. The second-order valence-corrected chi connectivity index (χ2v) is 9.61. The Hall–Kier alpha value is -4.24. The van der Waals surface area contributed by atoms with Crippen molar-refractivity contribution in [2.45, 2.75) is 20.5 Å². The van der Waals surface area contributed by atoms with Gasteiger partial charge in [0.15, 0.2) is 0 Å². The van der Waals surface area contributed by atoms with Crippen LogP contribution in [-0.2, 0) is 6.67 Å². The molecule has 170 valence electrons. The van der Waals surface area contributed by atoms with Gasteiger partial charge in [0.1, 0.15) is 6.67 Å². The Kier molecular flexibility index (Phi) is 5.00. The van der Waals surface area contributed by atoms with E-state index in [-0.39, 0.29) is 5.41 Å². The predicted octanol–water partition coefficient (Wildman–Crippen LogP) is 7.95. The van der Waals surface area contributed by atoms with Crippen molar-refractivity contribution in [1.29, 1.82) is 0 Å². The van der Waals surface area contributed by atoms with E-state index in [0.717, 1.165) is 22.5 Å². The molecule has 5 aromatic rings. The third-order valence-electron chi connectivity index (χ3n) is 7.04. The van der Waals surface area contributed by atoms with E-state index in [1.165, 1.54) is 32.6 Å². The van der Waals surface area contributed by atoms with E-state index in [0.29, 0.717) is 6.67 Å². The molecule has 35 heavy (non-hydrogen) atoms. The fraction of sp³-hybridized carbons (Fsp3) is 0.125. The first-order chi connectivity index (χ1) is 17.1. The Bertz CT molecular complexity index is 1650. The molecule has 0 fully saturated rings. The summed E-state index contributed by atoms with van der Waals surface area (Å²) >= 11 is 0. The molecule has 0 aliphatic heterocycles. The molecule has 4 aromatic carbocycles. The lowest BCUT2D eigenvalue weighted by Gasteiger charge is -2.19. The van der Waals surface area contributed by atoms with Crippen molar-refractivity contribution < 1.29 is 0 Å². The molecule has 0 saturated heterocycles. The maximum atomic E-state index is 5.32. The van der Waals surface area contributed by atoms with Crippen LogP contribution >= 0.6 is 0 Å². The zero-order valence-corrected chi connectivity index (χ0v) is 20.1. The number of fused-ring (bicyclic) bond motifs is 4. The van der Waals surface area contributed by atoms with Gasteiger partial charge in [-0.15, -0.1) is 0 Å². The van der Waals surface area contributed by atoms with Crippen molar-refractivity contribution in [3.05, 3.63) is 120 Å². The molecule has 0 N–H and O–H groups in total. The van der Waals surface area contributed by atoms with E-state index in [9.17, 15) is 0 Å². The molecular formula is C32H27N3. The first-order valence-electron chi connectivity index (χ1n) is 12.0. The van der Waals surface area contributed by atoms with Crippen LogP contribution in [0.15, 0.2) is 124 Å². The van der Waals surface area contributed by atoms with Gasteiger partial charge in [0.25, 0.3) is 0 Å². The van der Waals surface area contributed by atoms with Crippen LogP contribution < -0.4 is 0 Å². The molecule has 1 aliphatic rings. The van der Waals surface area contributed by atoms with Crippen LogP contribution in [0.3, 0.4) is 0 Å². The Labute approximate surface area is 205 Å². The van der Waals surface area contributed by atoms with Crippen molar-refractivity contribution in [2.24, 2.45) is 15.4 Å². The zero-order chi connectivity index (χ0) is 24.0. The molecule has 0 unspecified atom stereocenters. The van der Waals surface area contributed by atoms with Crippen LogP contribution in [0, 0.1) is 5.41 Å². The first-order valence-corrected chi connectivity index (χ1v) is 12.0. The average Bonchev–Trinajstić information content (AvgIpc) is 3.37. The Morgan fingerprint density at radius 2 is 1.37 bits per heavy atom. The summed E-state index contributed by atoms with van der Waals surface area (Å²) < 4.78 is 2.31. The fourth-order valence-corrected chi connectivity index (χ4v) is 5.32. The molecule has 0 saturated carbocycles. The minimum atomic E-state index is -0.185. The van der Waals surface area contributed by atoms with E-state index in [2.05, 4.69) is 133 Å². The van der Waals surface area contributed by atoms with Crippen molar-refractivity contribution in [1.82, 2.24) is 4.57 Å².